The molecule has 2 heterocycles. The number of fused-ring (bicyclic) bond motifs is 2. The predicted molar refractivity (Wildman–Crippen MR) is 162 cm³/mol. The van der Waals surface area contributed by atoms with Crippen molar-refractivity contribution in [2.24, 2.45) is 0 Å². The van der Waals surface area contributed by atoms with Gasteiger partial charge in [0.05, 0.1) is 45.5 Å². The molecular weight excluding hydrogens is 583 g/mol. The maximum absolute atomic E-state index is 14.0. The minimum Gasteiger partial charge on any atom is -0.493 e. The van der Waals surface area contributed by atoms with E-state index < -0.39 is 5.82 Å². The van der Waals surface area contributed by atoms with Crippen molar-refractivity contribution in [3.63, 3.8) is 0 Å². The first-order chi connectivity index (χ1) is 20.3. The Labute approximate surface area is 250 Å². The first-order valence-electron chi connectivity index (χ1n) is 12.9. The lowest BCUT2D eigenvalue weighted by atomic mass is 10.1. The fourth-order valence-electron chi connectivity index (χ4n) is 4.77. The van der Waals surface area contributed by atoms with Gasteiger partial charge in [-0.2, -0.15) is 0 Å². The molecule has 2 aromatic heterocycles. The van der Waals surface area contributed by atoms with Gasteiger partial charge >= 0.3 is 0 Å². The molecule has 0 saturated heterocycles. The molecule has 3 aromatic carbocycles. The van der Waals surface area contributed by atoms with Crippen LogP contribution < -0.4 is 24.5 Å². The van der Waals surface area contributed by atoms with Gasteiger partial charge in [-0.3, -0.25) is 9.59 Å². The Hall–Kier alpha value is -4.28. The van der Waals surface area contributed by atoms with Gasteiger partial charge in [-0.15, -0.1) is 11.3 Å². The lowest BCUT2D eigenvalue weighted by Crippen LogP contribution is -2.34. The Kier molecular flexibility index (Phi) is 8.56. The maximum atomic E-state index is 14.0. The lowest BCUT2D eigenvalue weighted by Gasteiger charge is -2.23. The Morgan fingerprint density at radius 1 is 0.905 bits per heavy atom. The van der Waals surface area contributed by atoms with Crippen molar-refractivity contribution in [2.75, 3.05) is 35.0 Å². The minimum absolute atomic E-state index is 0.00464. The number of rotatable bonds is 10. The van der Waals surface area contributed by atoms with E-state index in [9.17, 15) is 14.0 Å². The zero-order valence-corrected chi connectivity index (χ0v) is 25.0. The van der Waals surface area contributed by atoms with Gasteiger partial charge in [-0.25, -0.2) is 4.39 Å². The molecule has 8 nitrogen and oxygen atoms in total. The number of nitrogens with zero attached hydrogens (tertiary/aromatic N) is 1. The van der Waals surface area contributed by atoms with Crippen LogP contribution in [0.3, 0.4) is 0 Å². The molecule has 5 aromatic rings. The second kappa shape index (κ2) is 12.3. The number of nitrogens with one attached hydrogen (secondary N) is 1. The minimum atomic E-state index is -0.417. The van der Waals surface area contributed by atoms with Gasteiger partial charge in [0.2, 0.25) is 0 Å². The molecule has 0 bridgehead atoms. The van der Waals surface area contributed by atoms with Gasteiger partial charge in [0.1, 0.15) is 10.7 Å². The molecule has 0 atom stereocenters. The number of thiophene rings is 1. The molecule has 5 rings (SSSR count). The molecule has 0 saturated carbocycles. The highest BCUT2D eigenvalue weighted by Gasteiger charge is 2.24. The van der Waals surface area contributed by atoms with Gasteiger partial charge in [0.25, 0.3) is 11.5 Å². The summed E-state index contributed by atoms with van der Waals surface area (Å²) in [4.78, 5) is 31.9. The van der Waals surface area contributed by atoms with Gasteiger partial charge in [0.15, 0.2) is 23.0 Å². The number of pyridine rings is 1. The van der Waals surface area contributed by atoms with Crippen LogP contribution in [0.1, 0.15) is 20.8 Å². The van der Waals surface area contributed by atoms with E-state index in [2.05, 4.69) is 4.98 Å². The van der Waals surface area contributed by atoms with Crippen LogP contribution in [0.25, 0.3) is 21.0 Å². The summed E-state index contributed by atoms with van der Waals surface area (Å²) in [6, 6.07) is 14.9. The molecule has 218 valence electrons. The first kappa shape index (κ1) is 29.2. The maximum Gasteiger partial charge on any atom is 0.265 e. The monoisotopic (exact) mass is 610 g/mol. The molecular formula is C31H28ClFN2O6S. The zero-order chi connectivity index (χ0) is 30.0. The molecule has 0 aliphatic carbocycles. The number of carbonyl (C=O) groups excluding carboxylic acids is 1. The molecule has 0 fully saturated rings. The van der Waals surface area contributed by atoms with Crippen LogP contribution in [0.15, 0.2) is 59.4 Å². The molecule has 0 radical (unpaired) electrons. The fourth-order valence-corrected chi connectivity index (χ4v) is 6.28. The first-order valence-corrected chi connectivity index (χ1v) is 14.1. The van der Waals surface area contributed by atoms with Crippen molar-refractivity contribution in [1.82, 2.24) is 9.88 Å². The van der Waals surface area contributed by atoms with E-state index in [4.69, 9.17) is 30.5 Å². The van der Waals surface area contributed by atoms with Crippen molar-refractivity contribution in [1.29, 1.82) is 0 Å². The molecule has 0 aliphatic rings. The summed E-state index contributed by atoms with van der Waals surface area (Å²) in [5, 5.41) is 1.56. The van der Waals surface area contributed by atoms with E-state index in [1.165, 1.54) is 26.4 Å². The molecule has 11 heteroatoms. The van der Waals surface area contributed by atoms with Crippen LogP contribution in [-0.4, -0.2) is 50.8 Å². The summed E-state index contributed by atoms with van der Waals surface area (Å²) in [5.74, 6) is 1.36. The van der Waals surface area contributed by atoms with E-state index in [-0.39, 0.29) is 34.5 Å². The van der Waals surface area contributed by atoms with Crippen LogP contribution in [0.4, 0.5) is 4.39 Å². The van der Waals surface area contributed by atoms with E-state index >= 15 is 0 Å². The number of amides is 1. The third-order valence-electron chi connectivity index (χ3n) is 6.98. The summed E-state index contributed by atoms with van der Waals surface area (Å²) >= 11 is 7.75. The summed E-state index contributed by atoms with van der Waals surface area (Å²) in [6.45, 7) is 0.265. The second-order valence-corrected chi connectivity index (χ2v) is 10.9. The molecule has 1 N–H and O–H groups in total. The summed E-state index contributed by atoms with van der Waals surface area (Å²) < 4.78 is 36.0. The van der Waals surface area contributed by atoms with Crippen LogP contribution >= 0.6 is 22.9 Å². The number of carbonyl (C=O) groups is 1. The highest BCUT2D eigenvalue weighted by Crippen LogP contribution is 2.37. The Bertz CT molecular complexity index is 1850. The average Bonchev–Trinajstić information content (AvgIpc) is 3.33. The van der Waals surface area contributed by atoms with Crippen LogP contribution in [-0.2, 0) is 13.0 Å². The smallest absolute Gasteiger partial charge is 0.265 e. The van der Waals surface area contributed by atoms with Gasteiger partial charge < -0.3 is 28.8 Å². The highest BCUT2D eigenvalue weighted by atomic mass is 35.5. The lowest BCUT2D eigenvalue weighted by molar-refractivity contribution is 0.0749. The fraction of sp³-hybridized carbons (Fsp3) is 0.226. The standard InChI is InChI=1S/C31H28ClFN2O6S/c1-38-23-8-5-17(11-24(23)39-2)9-10-35(31(37)29-28(32)21-7-6-20(33)14-27(21)42-29)16-19-12-18-13-25(40-3)26(41-4)15-22(18)34-30(19)36/h5-8,11-15H,9-10,16H2,1-4H3,(H,34,36). The van der Waals surface area contributed by atoms with Crippen molar-refractivity contribution < 1.29 is 28.1 Å². The van der Waals surface area contributed by atoms with E-state index in [1.807, 2.05) is 12.1 Å². The number of hydrogen-bond donors (Lipinski definition) is 1. The molecule has 0 spiro atoms. The molecule has 0 aliphatic heterocycles. The molecule has 1 amide bonds. The van der Waals surface area contributed by atoms with Crippen molar-refractivity contribution in [2.45, 2.75) is 13.0 Å². The topological polar surface area (TPSA) is 90.1 Å². The number of benzene rings is 3. The van der Waals surface area contributed by atoms with E-state index in [0.717, 1.165) is 16.9 Å². The highest BCUT2D eigenvalue weighted by molar-refractivity contribution is 7.21. The van der Waals surface area contributed by atoms with E-state index in [1.54, 1.807) is 49.5 Å². The number of halogens is 2. The van der Waals surface area contributed by atoms with Gasteiger partial charge in [-0.1, -0.05) is 17.7 Å². The summed E-state index contributed by atoms with van der Waals surface area (Å²) in [5.41, 5.74) is 1.50. The summed E-state index contributed by atoms with van der Waals surface area (Å²) in [7, 11) is 6.17. The average molecular weight is 611 g/mol. The number of aromatic nitrogens is 1. The van der Waals surface area contributed by atoms with Crippen molar-refractivity contribution in [3.05, 3.63) is 91.8 Å². The predicted octanol–water partition coefficient (Wildman–Crippen LogP) is 6.45. The number of H-pyrrole nitrogens is 1. The number of aromatic amines is 1. The SMILES string of the molecule is COc1ccc(CCN(Cc2cc3cc(OC)c(OC)cc3[nH]c2=O)C(=O)c2sc3cc(F)ccc3c2Cl)cc1OC. The number of ether oxygens (including phenoxy) is 4. The number of methoxy groups -OCH3 is 4. The third-order valence-corrected chi connectivity index (χ3v) is 8.62. The molecule has 0 unspecified atom stereocenters. The zero-order valence-electron chi connectivity index (χ0n) is 23.4. The Balaban J connectivity index is 1.53. The van der Waals surface area contributed by atoms with Gasteiger partial charge in [0, 0.05) is 33.6 Å². The van der Waals surface area contributed by atoms with Gasteiger partial charge in [-0.05, 0) is 54.4 Å². The van der Waals surface area contributed by atoms with Crippen LogP contribution in [0.5, 0.6) is 23.0 Å². The largest absolute Gasteiger partial charge is 0.493 e. The summed E-state index contributed by atoms with van der Waals surface area (Å²) in [6.07, 6.45) is 0.458. The normalized spacial score (nSPS) is 11.1. The third kappa shape index (κ3) is 5.73. The molecule has 42 heavy (non-hydrogen) atoms. The van der Waals surface area contributed by atoms with E-state index in [0.29, 0.717) is 56.0 Å². The van der Waals surface area contributed by atoms with Crippen LogP contribution in [0.2, 0.25) is 5.02 Å². The van der Waals surface area contributed by atoms with Crippen molar-refractivity contribution >= 4 is 49.8 Å². The number of hydrogen-bond acceptors (Lipinski definition) is 7. The quantitative estimate of drug-likeness (QED) is 0.195. The van der Waals surface area contributed by atoms with Crippen LogP contribution in [0, 0.1) is 5.82 Å². The second-order valence-electron chi connectivity index (χ2n) is 9.47. The van der Waals surface area contributed by atoms with Crippen molar-refractivity contribution in [3.8, 4) is 23.0 Å². The Morgan fingerprint density at radius 2 is 1.60 bits per heavy atom. The Morgan fingerprint density at radius 3 is 2.31 bits per heavy atom.